The molecule has 2 N–H and O–H groups in total. The Kier molecular flexibility index (Phi) is 2.57. The Morgan fingerprint density at radius 3 is 2.61 bits per heavy atom. The highest BCUT2D eigenvalue weighted by molar-refractivity contribution is 6.35. The summed E-state index contributed by atoms with van der Waals surface area (Å²) in [6.07, 6.45) is 4.88. The van der Waals surface area contributed by atoms with Crippen molar-refractivity contribution in [2.45, 2.75) is 0 Å². The molecule has 3 aromatic rings. The molecule has 0 radical (unpaired) electrons. The summed E-state index contributed by atoms with van der Waals surface area (Å²) >= 11 is 6.15. The Labute approximate surface area is 108 Å². The van der Waals surface area contributed by atoms with Gasteiger partial charge in [0, 0.05) is 29.5 Å². The molecule has 0 amide bonds. The summed E-state index contributed by atoms with van der Waals surface area (Å²) < 4.78 is 0. The third-order valence-electron chi connectivity index (χ3n) is 2.70. The van der Waals surface area contributed by atoms with Crippen molar-refractivity contribution >= 4 is 28.3 Å². The predicted molar refractivity (Wildman–Crippen MR) is 72.2 cm³/mol. The fourth-order valence-corrected chi connectivity index (χ4v) is 2.10. The summed E-state index contributed by atoms with van der Waals surface area (Å²) in [5.74, 6) is 0.381. The first-order chi connectivity index (χ1) is 8.77. The number of nitrogens with zero attached hydrogens (tertiary/aromatic N) is 3. The summed E-state index contributed by atoms with van der Waals surface area (Å²) in [7, 11) is 0. The highest BCUT2D eigenvalue weighted by Crippen LogP contribution is 2.32. The molecule has 0 atom stereocenters. The second-order valence-electron chi connectivity index (χ2n) is 3.78. The van der Waals surface area contributed by atoms with E-state index < -0.39 is 0 Å². The molecule has 0 saturated carbocycles. The van der Waals surface area contributed by atoms with Gasteiger partial charge in [-0.3, -0.25) is 9.97 Å². The van der Waals surface area contributed by atoms with Crippen molar-refractivity contribution in [2.24, 2.45) is 0 Å². The van der Waals surface area contributed by atoms with Crippen molar-refractivity contribution in [1.29, 1.82) is 0 Å². The van der Waals surface area contributed by atoms with Gasteiger partial charge in [0.1, 0.15) is 11.5 Å². The van der Waals surface area contributed by atoms with Crippen molar-refractivity contribution in [1.82, 2.24) is 15.0 Å². The van der Waals surface area contributed by atoms with Crippen LogP contribution in [0.4, 0.5) is 5.82 Å². The first kappa shape index (κ1) is 10.9. The molecule has 3 rings (SSSR count). The van der Waals surface area contributed by atoms with Crippen LogP contribution in [-0.4, -0.2) is 15.0 Å². The van der Waals surface area contributed by atoms with Gasteiger partial charge in [-0.2, -0.15) is 0 Å². The lowest BCUT2D eigenvalue weighted by molar-refractivity contribution is 1.21. The maximum Gasteiger partial charge on any atom is 0.150 e. The SMILES string of the molecule is Nc1nccnc1-c1ccc(Cl)c2cccnc12. The molecule has 1 aromatic carbocycles. The second kappa shape index (κ2) is 4.23. The summed E-state index contributed by atoms with van der Waals surface area (Å²) in [6.45, 7) is 0. The van der Waals surface area contributed by atoms with Crippen molar-refractivity contribution in [3.05, 3.63) is 47.9 Å². The lowest BCUT2D eigenvalue weighted by atomic mass is 10.1. The molecule has 0 spiro atoms. The zero-order valence-electron chi connectivity index (χ0n) is 9.34. The van der Waals surface area contributed by atoms with Crippen LogP contribution in [-0.2, 0) is 0 Å². The number of hydrogen-bond acceptors (Lipinski definition) is 4. The van der Waals surface area contributed by atoms with Crippen LogP contribution < -0.4 is 5.73 Å². The van der Waals surface area contributed by atoms with E-state index in [9.17, 15) is 0 Å². The van der Waals surface area contributed by atoms with Gasteiger partial charge in [0.2, 0.25) is 0 Å². The average Bonchev–Trinajstić information content (AvgIpc) is 2.41. The Hall–Kier alpha value is -2.20. The second-order valence-corrected chi connectivity index (χ2v) is 4.19. The zero-order valence-corrected chi connectivity index (χ0v) is 10.1. The van der Waals surface area contributed by atoms with Gasteiger partial charge in [-0.15, -0.1) is 0 Å². The van der Waals surface area contributed by atoms with Crippen molar-refractivity contribution in [3.8, 4) is 11.3 Å². The monoisotopic (exact) mass is 256 g/mol. The predicted octanol–water partition coefficient (Wildman–Crippen LogP) is 2.93. The third kappa shape index (κ3) is 1.67. The fraction of sp³-hybridized carbons (Fsp3) is 0. The van der Waals surface area contributed by atoms with Crippen molar-refractivity contribution < 1.29 is 0 Å². The smallest absolute Gasteiger partial charge is 0.150 e. The van der Waals surface area contributed by atoms with Crippen molar-refractivity contribution in [3.63, 3.8) is 0 Å². The number of nitrogens with two attached hydrogens (primary N) is 1. The molecule has 4 nitrogen and oxygen atoms in total. The number of benzene rings is 1. The lowest BCUT2D eigenvalue weighted by Gasteiger charge is -2.07. The molecule has 18 heavy (non-hydrogen) atoms. The van der Waals surface area contributed by atoms with Crippen LogP contribution >= 0.6 is 11.6 Å². The number of fused-ring (bicyclic) bond motifs is 1. The first-order valence-corrected chi connectivity index (χ1v) is 5.75. The van der Waals surface area contributed by atoms with Gasteiger partial charge >= 0.3 is 0 Å². The van der Waals surface area contributed by atoms with Crippen molar-refractivity contribution in [2.75, 3.05) is 5.73 Å². The average molecular weight is 257 g/mol. The maximum atomic E-state index is 6.15. The van der Waals surface area contributed by atoms with Crippen LogP contribution in [0.2, 0.25) is 5.02 Å². The molecule has 5 heteroatoms. The minimum atomic E-state index is 0.381. The van der Waals surface area contributed by atoms with Gasteiger partial charge < -0.3 is 5.73 Å². The van der Waals surface area contributed by atoms with Gasteiger partial charge in [-0.05, 0) is 24.3 Å². The largest absolute Gasteiger partial charge is 0.382 e. The topological polar surface area (TPSA) is 64.7 Å². The minimum absolute atomic E-state index is 0.381. The van der Waals surface area contributed by atoms with E-state index in [2.05, 4.69) is 15.0 Å². The summed E-state index contributed by atoms with van der Waals surface area (Å²) in [5.41, 5.74) is 8.08. The molecule has 2 heterocycles. The molecular weight excluding hydrogens is 248 g/mol. The standard InChI is InChI=1S/C13H9ClN4/c14-10-4-3-9(11-8(10)2-1-5-16-11)12-13(15)18-7-6-17-12/h1-7H,(H2,15,18). The van der Waals surface area contributed by atoms with Crippen LogP contribution in [0.5, 0.6) is 0 Å². The van der Waals surface area contributed by atoms with Crippen LogP contribution in [0.25, 0.3) is 22.2 Å². The number of hydrogen-bond donors (Lipinski definition) is 1. The Bertz CT molecular complexity index is 727. The molecule has 0 saturated heterocycles. The van der Waals surface area contributed by atoms with E-state index in [1.54, 1.807) is 18.6 Å². The van der Waals surface area contributed by atoms with Gasteiger partial charge in [0.25, 0.3) is 0 Å². The lowest BCUT2D eigenvalue weighted by Crippen LogP contribution is -1.97. The normalized spacial score (nSPS) is 10.7. The molecule has 0 aliphatic carbocycles. The van der Waals surface area contributed by atoms with E-state index in [-0.39, 0.29) is 0 Å². The Balaban J connectivity index is 2.38. The highest BCUT2D eigenvalue weighted by Gasteiger charge is 2.11. The number of aromatic nitrogens is 3. The Morgan fingerprint density at radius 1 is 0.944 bits per heavy atom. The number of nitrogen functional groups attached to an aromatic ring is 1. The maximum absolute atomic E-state index is 6.15. The summed E-state index contributed by atoms with van der Waals surface area (Å²) in [6, 6.07) is 7.44. The third-order valence-corrected chi connectivity index (χ3v) is 3.03. The van der Waals surface area contributed by atoms with E-state index in [1.807, 2.05) is 24.3 Å². The first-order valence-electron chi connectivity index (χ1n) is 5.37. The fourth-order valence-electron chi connectivity index (χ4n) is 1.89. The molecule has 0 unspecified atom stereocenters. The number of pyridine rings is 1. The molecule has 2 aromatic heterocycles. The van der Waals surface area contributed by atoms with Crippen LogP contribution in [0.15, 0.2) is 42.9 Å². The number of anilines is 1. The molecule has 0 aliphatic rings. The van der Waals surface area contributed by atoms with Crippen LogP contribution in [0, 0.1) is 0 Å². The molecule has 0 fully saturated rings. The van der Waals surface area contributed by atoms with Gasteiger partial charge in [0.05, 0.1) is 10.5 Å². The molecular formula is C13H9ClN4. The van der Waals surface area contributed by atoms with E-state index in [0.717, 1.165) is 16.5 Å². The van der Waals surface area contributed by atoms with E-state index in [0.29, 0.717) is 16.5 Å². The quantitative estimate of drug-likeness (QED) is 0.727. The van der Waals surface area contributed by atoms with Gasteiger partial charge in [-0.25, -0.2) is 4.98 Å². The Morgan fingerprint density at radius 2 is 1.78 bits per heavy atom. The van der Waals surface area contributed by atoms with E-state index in [4.69, 9.17) is 17.3 Å². The van der Waals surface area contributed by atoms with E-state index >= 15 is 0 Å². The zero-order chi connectivity index (χ0) is 12.5. The minimum Gasteiger partial charge on any atom is -0.382 e. The van der Waals surface area contributed by atoms with Crippen LogP contribution in [0.3, 0.4) is 0 Å². The van der Waals surface area contributed by atoms with Gasteiger partial charge in [-0.1, -0.05) is 11.6 Å². The van der Waals surface area contributed by atoms with Crippen LogP contribution in [0.1, 0.15) is 0 Å². The summed E-state index contributed by atoms with van der Waals surface area (Å²) in [4.78, 5) is 12.6. The number of rotatable bonds is 1. The highest BCUT2D eigenvalue weighted by atomic mass is 35.5. The molecule has 88 valence electrons. The summed E-state index contributed by atoms with van der Waals surface area (Å²) in [5, 5.41) is 1.53. The molecule has 0 bridgehead atoms. The van der Waals surface area contributed by atoms with Gasteiger partial charge in [0.15, 0.2) is 0 Å². The van der Waals surface area contributed by atoms with E-state index in [1.165, 1.54) is 0 Å². The number of halogens is 1. The molecule has 0 aliphatic heterocycles.